The van der Waals surface area contributed by atoms with Gasteiger partial charge in [0.2, 0.25) is 17.8 Å². The molecule has 0 bridgehead atoms. The monoisotopic (exact) mass is 419 g/mol. The molecule has 1 aliphatic heterocycles. The van der Waals surface area contributed by atoms with Crippen LogP contribution in [0, 0.1) is 6.92 Å². The van der Waals surface area contributed by atoms with Crippen molar-refractivity contribution in [3.63, 3.8) is 0 Å². The molecular formula is C22H21N5O4. The summed E-state index contributed by atoms with van der Waals surface area (Å²) in [4.78, 5) is 44.9. The minimum absolute atomic E-state index is 0.0698. The Balaban J connectivity index is 1.61. The van der Waals surface area contributed by atoms with Gasteiger partial charge in [-0.25, -0.2) is 0 Å². The first-order valence-electron chi connectivity index (χ1n) is 9.65. The first kappa shape index (κ1) is 20.1. The lowest BCUT2D eigenvalue weighted by Crippen LogP contribution is -2.36. The van der Waals surface area contributed by atoms with Crippen molar-refractivity contribution in [3.05, 3.63) is 70.0 Å². The summed E-state index contributed by atoms with van der Waals surface area (Å²) >= 11 is 0. The number of amides is 2. The summed E-state index contributed by atoms with van der Waals surface area (Å²) < 4.78 is 5.12. The van der Waals surface area contributed by atoms with E-state index in [2.05, 4.69) is 25.9 Å². The standard InChI is InChI=1S/C22H21N5O4/c1-12-4-3-5-14(10-12)23-20(29)16-11-17(28)25-19-18(16)21(30)27-22(26-19)24-13-6-8-15(31-2)9-7-13/h3-10,16H,11H2,1-2H3,(H,23,29)(H3,24,25,26,27,28,30). The van der Waals surface area contributed by atoms with E-state index in [4.69, 9.17) is 4.74 Å². The number of aromatic amines is 1. The number of hydrogen-bond acceptors (Lipinski definition) is 6. The van der Waals surface area contributed by atoms with E-state index in [0.717, 1.165) is 5.56 Å². The number of anilines is 4. The van der Waals surface area contributed by atoms with Crippen LogP contribution in [-0.2, 0) is 9.59 Å². The van der Waals surface area contributed by atoms with E-state index in [1.165, 1.54) is 0 Å². The molecule has 0 saturated heterocycles. The van der Waals surface area contributed by atoms with Crippen molar-refractivity contribution in [2.24, 2.45) is 0 Å². The number of methoxy groups -OCH3 is 1. The molecule has 0 aliphatic carbocycles. The molecule has 4 rings (SSSR count). The van der Waals surface area contributed by atoms with Crippen LogP contribution in [-0.4, -0.2) is 28.9 Å². The van der Waals surface area contributed by atoms with Crippen LogP contribution in [0.1, 0.15) is 23.5 Å². The Labute approximate surface area is 177 Å². The van der Waals surface area contributed by atoms with E-state index >= 15 is 0 Å². The van der Waals surface area contributed by atoms with Crippen molar-refractivity contribution in [2.75, 3.05) is 23.1 Å². The minimum Gasteiger partial charge on any atom is -0.497 e. The molecule has 0 saturated carbocycles. The lowest BCUT2D eigenvalue weighted by Gasteiger charge is -2.23. The molecule has 1 aliphatic rings. The molecule has 2 amide bonds. The lowest BCUT2D eigenvalue weighted by molar-refractivity contribution is -0.123. The van der Waals surface area contributed by atoms with Gasteiger partial charge in [-0.05, 0) is 48.9 Å². The average Bonchev–Trinajstić information content (AvgIpc) is 2.73. The van der Waals surface area contributed by atoms with Gasteiger partial charge in [-0.1, -0.05) is 12.1 Å². The third-order valence-electron chi connectivity index (χ3n) is 4.91. The highest BCUT2D eigenvalue weighted by molar-refractivity contribution is 6.04. The second-order valence-corrected chi connectivity index (χ2v) is 7.19. The second kappa shape index (κ2) is 8.31. The molecule has 1 aromatic heterocycles. The number of carbonyl (C=O) groups excluding carboxylic acids is 2. The fourth-order valence-corrected chi connectivity index (χ4v) is 3.42. The lowest BCUT2D eigenvalue weighted by atomic mass is 9.92. The highest BCUT2D eigenvalue weighted by Gasteiger charge is 2.34. The Morgan fingerprint density at radius 2 is 1.90 bits per heavy atom. The number of benzene rings is 2. The van der Waals surface area contributed by atoms with Crippen LogP contribution in [0.5, 0.6) is 5.75 Å². The predicted molar refractivity (Wildman–Crippen MR) is 117 cm³/mol. The van der Waals surface area contributed by atoms with Gasteiger partial charge >= 0.3 is 0 Å². The molecule has 158 valence electrons. The Hall–Kier alpha value is -4.14. The van der Waals surface area contributed by atoms with E-state index in [-0.39, 0.29) is 29.7 Å². The molecule has 3 aromatic rings. The van der Waals surface area contributed by atoms with Crippen LogP contribution >= 0.6 is 0 Å². The molecule has 9 nitrogen and oxygen atoms in total. The highest BCUT2D eigenvalue weighted by atomic mass is 16.5. The molecule has 2 heterocycles. The van der Waals surface area contributed by atoms with Gasteiger partial charge in [0.1, 0.15) is 11.6 Å². The van der Waals surface area contributed by atoms with Crippen LogP contribution in [0.25, 0.3) is 0 Å². The third-order valence-corrected chi connectivity index (χ3v) is 4.91. The summed E-state index contributed by atoms with van der Waals surface area (Å²) in [5, 5.41) is 8.35. The number of ether oxygens (including phenoxy) is 1. The molecule has 0 fully saturated rings. The molecule has 0 radical (unpaired) electrons. The Kier molecular flexibility index (Phi) is 5.40. The number of fused-ring (bicyclic) bond motifs is 1. The summed E-state index contributed by atoms with van der Waals surface area (Å²) in [7, 11) is 1.57. The number of nitrogens with zero attached hydrogens (tertiary/aromatic N) is 1. The third kappa shape index (κ3) is 4.40. The molecule has 0 spiro atoms. The fourth-order valence-electron chi connectivity index (χ4n) is 3.42. The first-order chi connectivity index (χ1) is 14.9. The number of nitrogens with one attached hydrogen (secondary N) is 4. The summed E-state index contributed by atoms with van der Waals surface area (Å²) in [6, 6.07) is 14.3. The quantitative estimate of drug-likeness (QED) is 0.504. The van der Waals surface area contributed by atoms with Crippen molar-refractivity contribution in [2.45, 2.75) is 19.3 Å². The fraction of sp³-hybridized carbons (Fsp3) is 0.182. The zero-order valence-electron chi connectivity index (χ0n) is 17.0. The van der Waals surface area contributed by atoms with E-state index in [0.29, 0.717) is 17.1 Å². The molecule has 9 heteroatoms. The summed E-state index contributed by atoms with van der Waals surface area (Å²) in [6.07, 6.45) is -0.138. The molecule has 1 atom stereocenters. The maximum Gasteiger partial charge on any atom is 0.258 e. The molecule has 2 aromatic carbocycles. The Morgan fingerprint density at radius 3 is 2.61 bits per heavy atom. The van der Waals surface area contributed by atoms with Gasteiger partial charge < -0.3 is 20.7 Å². The molecule has 1 unspecified atom stereocenters. The van der Waals surface area contributed by atoms with Crippen LogP contribution in [0.2, 0.25) is 0 Å². The normalized spacial score (nSPS) is 14.9. The van der Waals surface area contributed by atoms with Gasteiger partial charge in [0.15, 0.2) is 0 Å². The minimum atomic E-state index is -0.949. The smallest absolute Gasteiger partial charge is 0.258 e. The van der Waals surface area contributed by atoms with Gasteiger partial charge in [0, 0.05) is 17.8 Å². The van der Waals surface area contributed by atoms with Gasteiger partial charge in [0.25, 0.3) is 5.56 Å². The van der Waals surface area contributed by atoms with Gasteiger partial charge in [0.05, 0.1) is 18.6 Å². The zero-order chi connectivity index (χ0) is 22.0. The Bertz CT molecular complexity index is 1200. The van der Waals surface area contributed by atoms with Crippen molar-refractivity contribution >= 4 is 35.0 Å². The zero-order valence-corrected chi connectivity index (χ0v) is 17.0. The number of H-pyrrole nitrogens is 1. The largest absolute Gasteiger partial charge is 0.497 e. The van der Waals surface area contributed by atoms with Crippen LogP contribution < -0.4 is 26.2 Å². The van der Waals surface area contributed by atoms with E-state index in [1.54, 1.807) is 37.4 Å². The van der Waals surface area contributed by atoms with Gasteiger partial charge in [-0.15, -0.1) is 0 Å². The summed E-state index contributed by atoms with van der Waals surface area (Å²) in [5.41, 5.74) is 1.88. The number of hydrogen-bond donors (Lipinski definition) is 4. The van der Waals surface area contributed by atoms with Crippen molar-refractivity contribution in [1.82, 2.24) is 9.97 Å². The SMILES string of the molecule is COc1ccc(Nc2nc3c(c(=O)[nH]2)C(C(=O)Nc2cccc(C)c2)CC(=O)N3)cc1. The van der Waals surface area contributed by atoms with Crippen LogP contribution in [0.15, 0.2) is 53.3 Å². The Morgan fingerprint density at radius 1 is 1.13 bits per heavy atom. The van der Waals surface area contributed by atoms with Crippen molar-refractivity contribution < 1.29 is 14.3 Å². The highest BCUT2D eigenvalue weighted by Crippen LogP contribution is 2.30. The second-order valence-electron chi connectivity index (χ2n) is 7.19. The van der Waals surface area contributed by atoms with Crippen molar-refractivity contribution in [3.8, 4) is 5.75 Å². The predicted octanol–water partition coefficient (Wildman–Crippen LogP) is 2.90. The maximum absolute atomic E-state index is 12.9. The van der Waals surface area contributed by atoms with Gasteiger partial charge in [-0.3, -0.25) is 19.4 Å². The first-order valence-corrected chi connectivity index (χ1v) is 9.65. The maximum atomic E-state index is 12.9. The topological polar surface area (TPSA) is 125 Å². The number of carbonyl (C=O) groups is 2. The van der Waals surface area contributed by atoms with E-state index in [9.17, 15) is 14.4 Å². The van der Waals surface area contributed by atoms with Gasteiger partial charge in [-0.2, -0.15) is 4.98 Å². The van der Waals surface area contributed by atoms with Crippen LogP contribution in [0.3, 0.4) is 0 Å². The number of aromatic nitrogens is 2. The molecule has 31 heavy (non-hydrogen) atoms. The summed E-state index contributed by atoms with van der Waals surface area (Å²) in [6.45, 7) is 1.91. The number of aryl methyl sites for hydroxylation is 1. The van der Waals surface area contributed by atoms with Crippen molar-refractivity contribution in [1.29, 1.82) is 0 Å². The average molecular weight is 419 g/mol. The molecule has 4 N–H and O–H groups in total. The summed E-state index contributed by atoms with van der Waals surface area (Å²) in [5.74, 6) is -0.868. The van der Waals surface area contributed by atoms with E-state index < -0.39 is 17.4 Å². The molecular weight excluding hydrogens is 398 g/mol. The number of rotatable bonds is 5. The van der Waals surface area contributed by atoms with E-state index in [1.807, 2.05) is 25.1 Å². The van der Waals surface area contributed by atoms with Crippen LogP contribution in [0.4, 0.5) is 23.1 Å².